The number of methoxy groups -OCH3 is 1. The van der Waals surface area contributed by atoms with Gasteiger partial charge in [-0.2, -0.15) is 6.41 Å². The maximum absolute atomic E-state index is 10.3. The number of esters is 1. The van der Waals surface area contributed by atoms with Crippen molar-refractivity contribution in [2.24, 2.45) is 0 Å². The predicted octanol–water partition coefficient (Wildman–Crippen LogP) is -0.796. The molecule has 0 unspecified atom stereocenters. The summed E-state index contributed by atoms with van der Waals surface area (Å²) in [7, 11) is 1.30. The van der Waals surface area contributed by atoms with E-state index in [1.54, 1.807) is 0 Å². The van der Waals surface area contributed by atoms with Crippen LogP contribution in [0.4, 0.5) is 0 Å². The normalized spacial score (nSPS) is 7.30. The third-order valence-corrected chi connectivity index (χ3v) is 0.754. The number of hydrogen-bond donors (Lipinski definition) is 1. The molecule has 0 saturated carbocycles. The molecule has 0 spiro atoms. The van der Waals surface area contributed by atoms with Crippen LogP contribution in [0.1, 0.15) is 6.42 Å². The van der Waals surface area contributed by atoms with Gasteiger partial charge in [0, 0.05) is 21.1 Å². The van der Waals surface area contributed by atoms with Crippen LogP contribution in [0, 0.1) is 0 Å². The van der Waals surface area contributed by atoms with Gasteiger partial charge in [-0.1, -0.05) is 0 Å². The molecule has 0 saturated heterocycles. The van der Waals surface area contributed by atoms with Gasteiger partial charge in [0.15, 0.2) is 0 Å². The van der Waals surface area contributed by atoms with E-state index in [4.69, 9.17) is 0 Å². The molecule has 0 heterocycles. The molecule has 5 heteroatoms. The van der Waals surface area contributed by atoms with Crippen LogP contribution in [0.3, 0.4) is 0 Å². The predicted molar refractivity (Wildman–Crippen MR) is 30.3 cm³/mol. The van der Waals surface area contributed by atoms with Gasteiger partial charge in [0.05, 0.1) is 13.5 Å². The molecule has 0 aliphatic carbocycles. The van der Waals surface area contributed by atoms with Crippen LogP contribution < -0.4 is 5.32 Å². The minimum atomic E-state index is -0.335. The fourth-order valence-electron chi connectivity index (χ4n) is 0.318. The quantitative estimate of drug-likeness (QED) is 0.320. The van der Waals surface area contributed by atoms with Gasteiger partial charge in [-0.15, -0.1) is 0 Å². The Hall–Kier alpha value is -0.372. The van der Waals surface area contributed by atoms with Crippen LogP contribution in [0.15, 0.2) is 0 Å². The van der Waals surface area contributed by atoms with E-state index < -0.39 is 0 Å². The average Bonchev–Trinajstić information content (AvgIpc) is 1.89. The van der Waals surface area contributed by atoms with Crippen LogP contribution in [0.5, 0.6) is 0 Å². The van der Waals surface area contributed by atoms with Gasteiger partial charge in [-0.05, 0) is 6.54 Å². The Morgan fingerprint density at radius 1 is 1.70 bits per heavy atom. The molecular formula is C5H8NO3W-. The van der Waals surface area contributed by atoms with E-state index in [0.29, 0.717) is 0 Å². The number of carbonyl (C=O) groups is 1. The molecule has 4 nitrogen and oxygen atoms in total. The first kappa shape index (κ1) is 12.3. The molecule has 10 heavy (non-hydrogen) atoms. The molecule has 0 aromatic heterocycles. The van der Waals surface area contributed by atoms with Gasteiger partial charge in [-0.3, -0.25) is 4.79 Å². The monoisotopic (exact) mass is 314 g/mol. The summed E-state index contributed by atoms with van der Waals surface area (Å²) >= 11 is 0. The summed E-state index contributed by atoms with van der Waals surface area (Å²) in [5.74, 6) is -0.335. The molecule has 58 valence electrons. The second-order valence-electron chi connectivity index (χ2n) is 1.35. The number of nitrogens with one attached hydrogen (secondary N) is 1. The zero-order valence-corrected chi connectivity index (χ0v) is 8.48. The summed E-state index contributed by atoms with van der Waals surface area (Å²) in [6.07, 6.45) is 1.64. The van der Waals surface area contributed by atoms with E-state index in [1.807, 2.05) is 0 Å². The van der Waals surface area contributed by atoms with E-state index >= 15 is 0 Å². The largest absolute Gasteiger partial charge is 0.529 e. The van der Waals surface area contributed by atoms with Crippen LogP contribution in [0.2, 0.25) is 0 Å². The Morgan fingerprint density at radius 3 is 2.70 bits per heavy atom. The molecular weight excluding hydrogens is 306 g/mol. The van der Waals surface area contributed by atoms with Crippen LogP contribution in [0.25, 0.3) is 0 Å². The minimum Gasteiger partial charge on any atom is -0.529 e. The number of ether oxygens (including phenoxy) is 1. The molecule has 0 bridgehead atoms. The van der Waals surface area contributed by atoms with Crippen molar-refractivity contribution >= 4 is 12.4 Å². The van der Waals surface area contributed by atoms with Gasteiger partial charge < -0.3 is 14.8 Å². The number of rotatable bonds is 4. The molecule has 0 atom stereocenters. The number of amides is 1. The van der Waals surface area contributed by atoms with Crippen molar-refractivity contribution in [2.75, 3.05) is 13.7 Å². The van der Waals surface area contributed by atoms with E-state index in [9.17, 15) is 9.59 Å². The van der Waals surface area contributed by atoms with Gasteiger partial charge >= 0.3 is 5.97 Å². The van der Waals surface area contributed by atoms with Crippen LogP contribution >= 0.6 is 0 Å². The fourth-order valence-corrected chi connectivity index (χ4v) is 0.318. The average molecular weight is 314 g/mol. The van der Waals surface area contributed by atoms with Gasteiger partial charge in [0.2, 0.25) is 0 Å². The van der Waals surface area contributed by atoms with Gasteiger partial charge in [-0.25, -0.2) is 0 Å². The van der Waals surface area contributed by atoms with Crippen molar-refractivity contribution in [1.29, 1.82) is 0 Å². The van der Waals surface area contributed by atoms with Crippen LogP contribution in [-0.2, 0) is 35.4 Å². The Labute approximate surface area is 73.6 Å². The van der Waals surface area contributed by atoms with Gasteiger partial charge in [0.1, 0.15) is 0 Å². The van der Waals surface area contributed by atoms with E-state index in [0.717, 1.165) is 0 Å². The molecule has 0 radical (unpaired) electrons. The molecule has 0 fully saturated rings. The summed E-state index contributed by atoms with van der Waals surface area (Å²) in [4.78, 5) is 19.8. The van der Waals surface area contributed by atoms with Crippen molar-refractivity contribution in [1.82, 2.24) is 5.32 Å². The second kappa shape index (κ2) is 8.63. The van der Waals surface area contributed by atoms with Crippen molar-refractivity contribution < 1.29 is 35.4 Å². The number of carbonyl (C=O) groups excluding carboxylic acids is 2. The Kier molecular flexibility index (Phi) is 10.6. The van der Waals surface area contributed by atoms with Gasteiger partial charge in [0.25, 0.3) is 0 Å². The molecule has 0 aromatic carbocycles. The zero-order valence-electron chi connectivity index (χ0n) is 5.55. The first-order chi connectivity index (χ1) is 4.31. The van der Waals surface area contributed by atoms with Crippen LogP contribution in [-0.4, -0.2) is 26.0 Å². The summed E-state index contributed by atoms with van der Waals surface area (Å²) in [6, 6.07) is 0. The first-order valence-electron chi connectivity index (χ1n) is 2.48. The molecule has 0 rings (SSSR count). The minimum absolute atomic E-state index is 0. The Morgan fingerprint density at radius 2 is 2.30 bits per heavy atom. The first-order valence-corrected chi connectivity index (χ1v) is 2.48. The van der Waals surface area contributed by atoms with Crippen molar-refractivity contribution in [3.05, 3.63) is 0 Å². The standard InChI is InChI=1S/C5H8NO3.W/c1-9-5(8)2-3-6-4-7;/h2-3H2,1H3,(H,6,7);/q-1;. The summed E-state index contributed by atoms with van der Waals surface area (Å²) in [5, 5.41) is 2.21. The maximum atomic E-state index is 10.3. The SMILES string of the molecule is COC(=O)CCN[C-]=O.[W]. The molecule has 0 aliphatic rings. The Balaban J connectivity index is 0. The smallest absolute Gasteiger partial charge is 0.307 e. The third kappa shape index (κ3) is 7.63. The summed E-state index contributed by atoms with van der Waals surface area (Å²) in [5.41, 5.74) is 0. The molecule has 1 N–H and O–H groups in total. The van der Waals surface area contributed by atoms with Crippen molar-refractivity contribution in [2.45, 2.75) is 6.42 Å². The maximum Gasteiger partial charge on any atom is 0.307 e. The van der Waals surface area contributed by atoms with E-state index in [2.05, 4.69) is 10.1 Å². The van der Waals surface area contributed by atoms with Crippen molar-refractivity contribution in [3.63, 3.8) is 0 Å². The summed E-state index contributed by atoms with van der Waals surface area (Å²) in [6.45, 7) is 0.288. The number of hydrogen-bond acceptors (Lipinski definition) is 3. The molecule has 1 amide bonds. The second-order valence-corrected chi connectivity index (χ2v) is 1.35. The van der Waals surface area contributed by atoms with E-state index in [-0.39, 0.29) is 40.0 Å². The zero-order chi connectivity index (χ0) is 7.11. The van der Waals surface area contributed by atoms with E-state index in [1.165, 1.54) is 13.5 Å². The third-order valence-electron chi connectivity index (χ3n) is 0.754. The summed E-state index contributed by atoms with van der Waals surface area (Å²) < 4.78 is 4.29. The Bertz CT molecular complexity index is 107. The molecule has 0 aromatic rings. The molecule has 0 aliphatic heterocycles. The fraction of sp³-hybridized carbons (Fsp3) is 0.600. The van der Waals surface area contributed by atoms with Crippen molar-refractivity contribution in [3.8, 4) is 0 Å². The topological polar surface area (TPSA) is 55.4 Å².